The SMILES string of the molecule is C[C@@H]1CNc2c(oc3ccc4nc(Oc5nc(Cl)ncc5CNC(C)(C)C)ccc4c23)C(=O)N1. The standard InChI is InChI=1S/C24H25ClN6O3/c1-12-9-26-19-18-14-5-8-17(30-15(14)6-7-16(18)33-20(19)21(32)29-12)34-22-13(10-27-23(25)31-22)11-28-24(2,3)4/h5-8,10,12,26,28H,9,11H2,1-4H3,(H,29,32)/t12-/m1/s1. The molecule has 1 atom stereocenters. The summed E-state index contributed by atoms with van der Waals surface area (Å²) in [6.07, 6.45) is 1.65. The molecule has 3 N–H and O–H groups in total. The fourth-order valence-electron chi connectivity index (χ4n) is 3.80. The second-order valence-electron chi connectivity index (χ2n) is 9.39. The van der Waals surface area contributed by atoms with Crippen molar-refractivity contribution in [1.29, 1.82) is 0 Å². The van der Waals surface area contributed by atoms with E-state index >= 15 is 0 Å². The van der Waals surface area contributed by atoms with Crippen LogP contribution in [0.15, 0.2) is 34.9 Å². The van der Waals surface area contributed by atoms with Gasteiger partial charge in [0.1, 0.15) is 5.58 Å². The Morgan fingerprint density at radius 1 is 1.24 bits per heavy atom. The Bertz CT molecular complexity index is 1410. The van der Waals surface area contributed by atoms with Crippen molar-refractivity contribution in [3.05, 3.63) is 47.1 Å². The molecule has 1 aliphatic rings. The van der Waals surface area contributed by atoms with E-state index in [1.807, 2.05) is 25.1 Å². The number of furan rings is 1. The molecule has 0 unspecified atom stereocenters. The highest BCUT2D eigenvalue weighted by Crippen LogP contribution is 2.38. The molecule has 4 heterocycles. The number of rotatable bonds is 4. The summed E-state index contributed by atoms with van der Waals surface area (Å²) < 4.78 is 11.9. The van der Waals surface area contributed by atoms with Gasteiger partial charge in [0, 0.05) is 47.9 Å². The number of nitrogens with one attached hydrogen (secondary N) is 3. The third-order valence-electron chi connectivity index (χ3n) is 5.47. The average Bonchev–Trinajstić information content (AvgIpc) is 3.09. The number of benzene rings is 1. The highest BCUT2D eigenvalue weighted by atomic mass is 35.5. The molecule has 1 aliphatic heterocycles. The number of fused-ring (bicyclic) bond motifs is 5. The Kier molecular flexibility index (Phi) is 5.53. The largest absolute Gasteiger partial charge is 0.449 e. The molecule has 1 aromatic carbocycles. The highest BCUT2D eigenvalue weighted by Gasteiger charge is 2.26. The number of pyridine rings is 1. The van der Waals surface area contributed by atoms with E-state index in [0.717, 1.165) is 16.3 Å². The van der Waals surface area contributed by atoms with Crippen molar-refractivity contribution in [3.8, 4) is 11.8 Å². The molecule has 0 bridgehead atoms. The molecule has 10 heteroatoms. The van der Waals surface area contributed by atoms with Crippen LogP contribution in [-0.4, -0.2) is 39.0 Å². The summed E-state index contributed by atoms with van der Waals surface area (Å²) in [6.45, 7) is 9.27. The maximum atomic E-state index is 12.5. The quantitative estimate of drug-likeness (QED) is 0.362. The van der Waals surface area contributed by atoms with Crippen LogP contribution < -0.4 is 20.7 Å². The maximum absolute atomic E-state index is 12.5. The normalized spacial score (nSPS) is 16.1. The first-order valence-corrected chi connectivity index (χ1v) is 11.4. The molecule has 34 heavy (non-hydrogen) atoms. The average molecular weight is 481 g/mol. The number of aromatic nitrogens is 3. The van der Waals surface area contributed by atoms with E-state index in [2.05, 4.69) is 51.7 Å². The molecular weight excluding hydrogens is 456 g/mol. The Hall–Kier alpha value is -3.43. The number of carbonyl (C=O) groups excluding carboxylic acids is 1. The van der Waals surface area contributed by atoms with E-state index < -0.39 is 0 Å². The monoisotopic (exact) mass is 480 g/mol. The Morgan fingerprint density at radius 3 is 2.85 bits per heavy atom. The summed E-state index contributed by atoms with van der Waals surface area (Å²) in [7, 11) is 0. The zero-order valence-corrected chi connectivity index (χ0v) is 20.1. The summed E-state index contributed by atoms with van der Waals surface area (Å²) in [4.78, 5) is 25.6. The van der Waals surface area contributed by atoms with Crippen molar-refractivity contribution in [3.63, 3.8) is 0 Å². The Labute approximate surface area is 201 Å². The number of anilines is 1. The van der Waals surface area contributed by atoms with E-state index in [1.165, 1.54) is 0 Å². The summed E-state index contributed by atoms with van der Waals surface area (Å²) in [5.41, 5.74) is 2.66. The number of hydrogen-bond acceptors (Lipinski definition) is 8. The fourth-order valence-corrected chi connectivity index (χ4v) is 3.93. The van der Waals surface area contributed by atoms with Crippen molar-refractivity contribution in [2.45, 2.75) is 45.8 Å². The Balaban J connectivity index is 1.52. The molecule has 1 amide bonds. The Morgan fingerprint density at radius 2 is 2.06 bits per heavy atom. The molecule has 0 aliphatic carbocycles. The lowest BCUT2D eigenvalue weighted by Crippen LogP contribution is -2.35. The number of halogens is 1. The first kappa shape index (κ1) is 22.4. The number of ether oxygens (including phenoxy) is 1. The van der Waals surface area contributed by atoms with Gasteiger partial charge in [0.2, 0.25) is 22.8 Å². The molecule has 0 saturated heterocycles. The number of carbonyl (C=O) groups is 1. The molecular formula is C24H25ClN6O3. The molecule has 0 radical (unpaired) electrons. The van der Waals surface area contributed by atoms with Crippen LogP contribution in [0, 0.1) is 0 Å². The van der Waals surface area contributed by atoms with Crippen molar-refractivity contribution in [2.75, 3.05) is 11.9 Å². The van der Waals surface area contributed by atoms with Gasteiger partial charge >= 0.3 is 0 Å². The van der Waals surface area contributed by atoms with Crippen LogP contribution in [0.25, 0.3) is 21.9 Å². The zero-order chi connectivity index (χ0) is 24.0. The van der Waals surface area contributed by atoms with E-state index in [1.54, 1.807) is 12.3 Å². The first-order valence-electron chi connectivity index (χ1n) is 11.0. The predicted octanol–water partition coefficient (Wildman–Crippen LogP) is 4.65. The minimum absolute atomic E-state index is 0.0140. The molecule has 5 rings (SSSR count). The van der Waals surface area contributed by atoms with Crippen LogP contribution in [0.5, 0.6) is 11.8 Å². The van der Waals surface area contributed by atoms with Gasteiger partial charge in [-0.1, -0.05) is 0 Å². The van der Waals surface area contributed by atoms with Crippen LogP contribution >= 0.6 is 11.6 Å². The van der Waals surface area contributed by atoms with Gasteiger partial charge in [-0.2, -0.15) is 4.98 Å². The van der Waals surface area contributed by atoms with Crippen LogP contribution in [0.1, 0.15) is 43.8 Å². The van der Waals surface area contributed by atoms with E-state index in [-0.39, 0.29) is 28.5 Å². The molecule has 176 valence electrons. The number of nitrogens with zero attached hydrogens (tertiary/aromatic N) is 3. The van der Waals surface area contributed by atoms with Crippen molar-refractivity contribution in [2.24, 2.45) is 0 Å². The summed E-state index contributed by atoms with van der Waals surface area (Å²) in [5, 5.41) is 11.4. The van der Waals surface area contributed by atoms with E-state index in [0.29, 0.717) is 41.6 Å². The van der Waals surface area contributed by atoms with Crippen LogP contribution in [0.3, 0.4) is 0 Å². The second-order valence-corrected chi connectivity index (χ2v) is 9.73. The minimum Gasteiger partial charge on any atom is -0.449 e. The van der Waals surface area contributed by atoms with E-state index in [4.69, 9.17) is 20.8 Å². The molecule has 3 aromatic heterocycles. The molecule has 9 nitrogen and oxygen atoms in total. The molecule has 0 spiro atoms. The minimum atomic E-state index is -0.234. The first-order chi connectivity index (χ1) is 16.2. The lowest BCUT2D eigenvalue weighted by atomic mass is 10.1. The van der Waals surface area contributed by atoms with Crippen molar-refractivity contribution in [1.82, 2.24) is 25.6 Å². The zero-order valence-electron chi connectivity index (χ0n) is 19.3. The van der Waals surface area contributed by atoms with Gasteiger partial charge in [0.25, 0.3) is 5.91 Å². The van der Waals surface area contributed by atoms with Gasteiger partial charge in [0.05, 0.1) is 16.6 Å². The summed E-state index contributed by atoms with van der Waals surface area (Å²) >= 11 is 6.03. The van der Waals surface area contributed by atoms with Gasteiger partial charge in [-0.3, -0.25) is 4.79 Å². The third-order valence-corrected chi connectivity index (χ3v) is 5.65. The van der Waals surface area contributed by atoms with Gasteiger partial charge in [-0.15, -0.1) is 0 Å². The van der Waals surface area contributed by atoms with Crippen molar-refractivity contribution >= 4 is 45.1 Å². The van der Waals surface area contributed by atoms with Crippen LogP contribution in [0.4, 0.5) is 5.69 Å². The van der Waals surface area contributed by atoms with Gasteiger partial charge in [-0.25, -0.2) is 9.97 Å². The maximum Gasteiger partial charge on any atom is 0.289 e. The summed E-state index contributed by atoms with van der Waals surface area (Å²) in [6, 6.07) is 7.29. The fraction of sp³-hybridized carbons (Fsp3) is 0.333. The predicted molar refractivity (Wildman–Crippen MR) is 131 cm³/mol. The third kappa shape index (κ3) is 4.36. The molecule has 0 fully saturated rings. The number of hydrogen-bond donors (Lipinski definition) is 3. The lowest BCUT2D eigenvalue weighted by molar-refractivity contribution is 0.0920. The van der Waals surface area contributed by atoms with Gasteiger partial charge < -0.3 is 25.1 Å². The highest BCUT2D eigenvalue weighted by molar-refractivity contribution is 6.28. The molecule has 4 aromatic rings. The smallest absolute Gasteiger partial charge is 0.289 e. The lowest BCUT2D eigenvalue weighted by Gasteiger charge is -2.21. The van der Waals surface area contributed by atoms with Crippen LogP contribution in [-0.2, 0) is 6.54 Å². The van der Waals surface area contributed by atoms with E-state index in [9.17, 15) is 4.79 Å². The van der Waals surface area contributed by atoms with Gasteiger partial charge in [-0.05, 0) is 57.5 Å². The topological polar surface area (TPSA) is 114 Å². The van der Waals surface area contributed by atoms with Gasteiger partial charge in [0.15, 0.2) is 0 Å². The molecule has 0 saturated carbocycles. The number of amides is 1. The van der Waals surface area contributed by atoms with Crippen molar-refractivity contribution < 1.29 is 13.9 Å². The van der Waals surface area contributed by atoms with Crippen LogP contribution in [0.2, 0.25) is 5.28 Å². The summed E-state index contributed by atoms with van der Waals surface area (Å²) in [5.74, 6) is 0.752. The second kappa shape index (κ2) is 8.41.